The van der Waals surface area contributed by atoms with Gasteiger partial charge in [-0.15, -0.1) is 0 Å². The number of methoxy groups -OCH3 is 1. The zero-order valence-corrected chi connectivity index (χ0v) is 12.1. The summed E-state index contributed by atoms with van der Waals surface area (Å²) in [5.74, 6) is 0.0572. The first kappa shape index (κ1) is 14.0. The van der Waals surface area contributed by atoms with Gasteiger partial charge in [-0.1, -0.05) is 6.07 Å². The van der Waals surface area contributed by atoms with Crippen LogP contribution in [0.5, 0.6) is 0 Å². The van der Waals surface area contributed by atoms with Crippen molar-refractivity contribution in [2.45, 2.75) is 25.0 Å². The fourth-order valence-electron chi connectivity index (χ4n) is 2.89. The van der Waals surface area contributed by atoms with Crippen LogP contribution in [0.25, 0.3) is 5.52 Å². The Hall–Kier alpha value is -1.92. The van der Waals surface area contributed by atoms with Crippen molar-refractivity contribution in [1.82, 2.24) is 14.9 Å². The minimum absolute atomic E-state index is 0.00432. The van der Waals surface area contributed by atoms with Gasteiger partial charge < -0.3 is 15.8 Å². The minimum Gasteiger partial charge on any atom is -0.377 e. The first-order chi connectivity index (χ1) is 10.2. The van der Waals surface area contributed by atoms with Crippen LogP contribution in [-0.2, 0) is 16.1 Å². The summed E-state index contributed by atoms with van der Waals surface area (Å²) >= 11 is 0. The predicted octanol–water partition coefficient (Wildman–Crippen LogP) is 0.704. The second-order valence-electron chi connectivity index (χ2n) is 5.61. The lowest BCUT2D eigenvalue weighted by atomic mass is 9.70. The van der Waals surface area contributed by atoms with Gasteiger partial charge in [-0.2, -0.15) is 5.10 Å². The van der Waals surface area contributed by atoms with E-state index in [-0.39, 0.29) is 17.4 Å². The van der Waals surface area contributed by atoms with Crippen LogP contribution in [0.1, 0.15) is 18.4 Å². The first-order valence-electron chi connectivity index (χ1n) is 7.12. The molecule has 3 N–H and O–H groups in total. The van der Waals surface area contributed by atoms with E-state index >= 15 is 0 Å². The number of rotatable bonds is 5. The van der Waals surface area contributed by atoms with E-state index in [1.165, 1.54) is 0 Å². The van der Waals surface area contributed by atoms with Gasteiger partial charge in [0.25, 0.3) is 0 Å². The number of carbonyl (C=O) groups is 1. The molecule has 0 atom stereocenters. The maximum atomic E-state index is 12.1. The van der Waals surface area contributed by atoms with Crippen LogP contribution >= 0.6 is 0 Å². The predicted molar refractivity (Wildman–Crippen MR) is 78.6 cm³/mol. The highest BCUT2D eigenvalue weighted by atomic mass is 16.5. The van der Waals surface area contributed by atoms with Crippen LogP contribution in [0, 0.1) is 5.92 Å². The molecule has 0 aromatic carbocycles. The van der Waals surface area contributed by atoms with Crippen molar-refractivity contribution in [1.29, 1.82) is 0 Å². The average Bonchev–Trinajstić information content (AvgIpc) is 2.88. The molecule has 0 saturated heterocycles. The SMILES string of the molecule is COC1(CN)CC(C(=O)NCc2cnn3ccccc23)C1. The summed E-state index contributed by atoms with van der Waals surface area (Å²) in [4.78, 5) is 12.1. The number of nitrogens with two attached hydrogens (primary N) is 1. The van der Waals surface area contributed by atoms with Gasteiger partial charge in [-0.25, -0.2) is 4.52 Å². The number of fused-ring (bicyclic) bond motifs is 1. The zero-order valence-electron chi connectivity index (χ0n) is 12.1. The van der Waals surface area contributed by atoms with E-state index in [2.05, 4.69) is 10.4 Å². The second kappa shape index (κ2) is 5.46. The fraction of sp³-hybridized carbons (Fsp3) is 0.467. The summed E-state index contributed by atoms with van der Waals surface area (Å²) in [6.07, 6.45) is 5.07. The van der Waals surface area contributed by atoms with Crippen molar-refractivity contribution in [2.24, 2.45) is 11.7 Å². The van der Waals surface area contributed by atoms with E-state index in [4.69, 9.17) is 10.5 Å². The molecule has 1 aliphatic rings. The van der Waals surface area contributed by atoms with Crippen LogP contribution < -0.4 is 11.1 Å². The van der Waals surface area contributed by atoms with Crippen LogP contribution in [0.15, 0.2) is 30.6 Å². The number of carbonyl (C=O) groups excluding carboxylic acids is 1. The largest absolute Gasteiger partial charge is 0.377 e. The highest BCUT2D eigenvalue weighted by Crippen LogP contribution is 2.39. The van der Waals surface area contributed by atoms with Crippen molar-refractivity contribution in [3.8, 4) is 0 Å². The molecule has 0 spiro atoms. The first-order valence-corrected chi connectivity index (χ1v) is 7.12. The van der Waals surface area contributed by atoms with E-state index in [1.807, 2.05) is 24.4 Å². The molecule has 0 bridgehead atoms. The normalized spacial score (nSPS) is 24.8. The van der Waals surface area contributed by atoms with Crippen molar-refractivity contribution >= 4 is 11.4 Å². The summed E-state index contributed by atoms with van der Waals surface area (Å²) in [6.45, 7) is 0.951. The van der Waals surface area contributed by atoms with E-state index in [0.29, 0.717) is 25.9 Å². The lowest BCUT2D eigenvalue weighted by Gasteiger charge is -2.44. The molecule has 21 heavy (non-hydrogen) atoms. The van der Waals surface area contributed by atoms with Gasteiger partial charge in [-0.05, 0) is 25.0 Å². The summed E-state index contributed by atoms with van der Waals surface area (Å²) in [5, 5.41) is 7.23. The zero-order chi connectivity index (χ0) is 14.9. The molecule has 0 aliphatic heterocycles. The smallest absolute Gasteiger partial charge is 0.223 e. The molecule has 6 nitrogen and oxygen atoms in total. The third-order valence-corrected chi connectivity index (χ3v) is 4.37. The molecule has 0 radical (unpaired) electrons. The highest BCUT2D eigenvalue weighted by Gasteiger charge is 2.46. The van der Waals surface area contributed by atoms with Crippen LogP contribution in [0.4, 0.5) is 0 Å². The molecule has 1 saturated carbocycles. The van der Waals surface area contributed by atoms with Crippen LogP contribution in [0.3, 0.4) is 0 Å². The van der Waals surface area contributed by atoms with E-state index in [9.17, 15) is 4.79 Å². The summed E-state index contributed by atoms with van der Waals surface area (Å²) < 4.78 is 7.19. The number of pyridine rings is 1. The van der Waals surface area contributed by atoms with Crippen LogP contribution in [-0.4, -0.2) is 34.8 Å². The maximum Gasteiger partial charge on any atom is 0.223 e. The van der Waals surface area contributed by atoms with Crippen molar-refractivity contribution in [3.05, 3.63) is 36.2 Å². The highest BCUT2D eigenvalue weighted by molar-refractivity contribution is 5.80. The van der Waals surface area contributed by atoms with Crippen molar-refractivity contribution < 1.29 is 9.53 Å². The molecule has 112 valence electrons. The molecule has 0 unspecified atom stereocenters. The molecule has 3 rings (SSSR count). The number of aromatic nitrogens is 2. The standard InChI is InChI=1S/C15H20N4O2/c1-21-15(10-16)6-11(7-15)14(20)17-8-12-9-18-19-5-3-2-4-13(12)19/h2-5,9,11H,6-8,10,16H2,1H3,(H,17,20). The number of nitrogens with zero attached hydrogens (tertiary/aromatic N) is 2. The Bertz CT molecular complexity index is 640. The van der Waals surface area contributed by atoms with E-state index in [0.717, 1.165) is 11.1 Å². The summed E-state index contributed by atoms with van der Waals surface area (Å²) in [7, 11) is 1.65. The van der Waals surface area contributed by atoms with Crippen molar-refractivity contribution in [3.63, 3.8) is 0 Å². The lowest BCUT2D eigenvalue weighted by molar-refractivity contribution is -0.145. The Balaban J connectivity index is 1.58. The number of nitrogens with one attached hydrogen (secondary N) is 1. The average molecular weight is 288 g/mol. The number of hydrogen-bond acceptors (Lipinski definition) is 4. The molecule has 1 fully saturated rings. The van der Waals surface area contributed by atoms with Gasteiger partial charge in [0.1, 0.15) is 0 Å². The molecule has 1 amide bonds. The Morgan fingerprint density at radius 2 is 2.38 bits per heavy atom. The second-order valence-corrected chi connectivity index (χ2v) is 5.61. The van der Waals surface area contributed by atoms with Gasteiger partial charge >= 0.3 is 0 Å². The number of amides is 1. The van der Waals surface area contributed by atoms with Crippen LogP contribution in [0.2, 0.25) is 0 Å². The van der Waals surface area contributed by atoms with Gasteiger partial charge in [0, 0.05) is 37.9 Å². The Morgan fingerprint density at radius 1 is 1.57 bits per heavy atom. The fourth-order valence-corrected chi connectivity index (χ4v) is 2.89. The summed E-state index contributed by atoms with van der Waals surface area (Å²) in [6, 6.07) is 5.87. The van der Waals surface area contributed by atoms with Crippen molar-refractivity contribution in [2.75, 3.05) is 13.7 Å². The molecule has 2 aromatic heterocycles. The number of ether oxygens (including phenoxy) is 1. The lowest BCUT2D eigenvalue weighted by Crippen LogP contribution is -2.55. The molecular formula is C15H20N4O2. The molecule has 2 heterocycles. The monoisotopic (exact) mass is 288 g/mol. The topological polar surface area (TPSA) is 81.6 Å². The maximum absolute atomic E-state index is 12.1. The Morgan fingerprint density at radius 3 is 3.10 bits per heavy atom. The Labute approximate surface area is 123 Å². The molecule has 1 aliphatic carbocycles. The van der Waals surface area contributed by atoms with E-state index in [1.54, 1.807) is 17.8 Å². The van der Waals surface area contributed by atoms with Gasteiger partial charge in [0.2, 0.25) is 5.91 Å². The number of hydrogen-bond donors (Lipinski definition) is 2. The quantitative estimate of drug-likeness (QED) is 0.848. The molecule has 2 aromatic rings. The van der Waals surface area contributed by atoms with E-state index < -0.39 is 0 Å². The third kappa shape index (κ3) is 2.52. The minimum atomic E-state index is -0.299. The van der Waals surface area contributed by atoms with Gasteiger partial charge in [0.05, 0.1) is 17.3 Å². The molecular weight excluding hydrogens is 268 g/mol. The summed E-state index contributed by atoms with van der Waals surface area (Å²) in [5.41, 5.74) is 7.42. The van der Waals surface area contributed by atoms with Gasteiger partial charge in [0.15, 0.2) is 0 Å². The Kier molecular flexibility index (Phi) is 3.65. The molecule has 6 heteroatoms. The van der Waals surface area contributed by atoms with Gasteiger partial charge in [-0.3, -0.25) is 4.79 Å². The third-order valence-electron chi connectivity index (χ3n) is 4.37.